The van der Waals surface area contributed by atoms with Gasteiger partial charge >= 0.3 is 0 Å². The van der Waals surface area contributed by atoms with E-state index in [1.165, 1.54) is 0 Å². The zero-order valence-electron chi connectivity index (χ0n) is 8.59. The molecule has 3 heteroatoms. The molecule has 0 atom stereocenters. The molecule has 12 heavy (non-hydrogen) atoms. The molecular formula is C9H21N3. The highest BCUT2D eigenvalue weighted by Gasteiger charge is 1.95. The lowest BCUT2D eigenvalue weighted by Crippen LogP contribution is -2.36. The summed E-state index contributed by atoms with van der Waals surface area (Å²) >= 11 is 0. The number of nitrogens with zero attached hydrogens (tertiary/aromatic N) is 1. The predicted molar refractivity (Wildman–Crippen MR) is 54.2 cm³/mol. The van der Waals surface area contributed by atoms with Gasteiger partial charge in [0.05, 0.1) is 0 Å². The molecule has 0 heterocycles. The van der Waals surface area contributed by atoms with Crippen LogP contribution in [0.4, 0.5) is 0 Å². The molecule has 0 aromatic rings. The van der Waals surface area contributed by atoms with Gasteiger partial charge in [0.25, 0.3) is 0 Å². The van der Waals surface area contributed by atoms with Crippen LogP contribution in [0.1, 0.15) is 34.1 Å². The van der Waals surface area contributed by atoms with E-state index in [1.807, 2.05) is 13.8 Å². The Morgan fingerprint density at radius 2 is 1.92 bits per heavy atom. The van der Waals surface area contributed by atoms with E-state index in [1.54, 1.807) is 0 Å². The first kappa shape index (κ1) is 11.3. The molecule has 0 amide bonds. The van der Waals surface area contributed by atoms with Crippen LogP contribution in [-0.4, -0.2) is 18.5 Å². The van der Waals surface area contributed by atoms with Crippen LogP contribution in [-0.2, 0) is 0 Å². The highest BCUT2D eigenvalue weighted by molar-refractivity contribution is 5.77. The first-order valence-electron chi connectivity index (χ1n) is 4.58. The molecular weight excluding hydrogens is 150 g/mol. The van der Waals surface area contributed by atoms with E-state index in [4.69, 9.17) is 5.73 Å². The van der Waals surface area contributed by atoms with Gasteiger partial charge in [-0.15, -0.1) is 0 Å². The highest BCUT2D eigenvalue weighted by Crippen LogP contribution is 1.97. The number of nitrogens with two attached hydrogens (primary N) is 1. The standard InChI is InChI=1S/C9H21N3/c1-7(2)5-6-11-9(10)12-8(3)4/h7-8H,5-6H2,1-4H3,(H3,10,11,12). The minimum absolute atomic E-state index is 0.368. The summed E-state index contributed by atoms with van der Waals surface area (Å²) in [7, 11) is 0. The number of hydrogen-bond donors (Lipinski definition) is 2. The van der Waals surface area contributed by atoms with E-state index in [0.29, 0.717) is 17.9 Å². The minimum Gasteiger partial charge on any atom is -0.370 e. The van der Waals surface area contributed by atoms with Crippen molar-refractivity contribution in [3.05, 3.63) is 0 Å². The van der Waals surface area contributed by atoms with Crippen LogP contribution in [0, 0.1) is 5.92 Å². The van der Waals surface area contributed by atoms with Crippen molar-refractivity contribution in [3.8, 4) is 0 Å². The second-order valence-electron chi connectivity index (χ2n) is 3.75. The van der Waals surface area contributed by atoms with Crippen LogP contribution in [0.15, 0.2) is 4.99 Å². The molecule has 0 unspecified atom stereocenters. The Balaban J connectivity index is 3.55. The van der Waals surface area contributed by atoms with E-state index < -0.39 is 0 Å². The van der Waals surface area contributed by atoms with Gasteiger partial charge in [0, 0.05) is 12.6 Å². The lowest BCUT2D eigenvalue weighted by atomic mass is 10.1. The molecule has 0 aromatic heterocycles. The van der Waals surface area contributed by atoms with Gasteiger partial charge in [0.15, 0.2) is 5.96 Å². The SMILES string of the molecule is CC(C)CCN=C(N)NC(C)C. The Morgan fingerprint density at radius 3 is 2.33 bits per heavy atom. The molecule has 0 rings (SSSR count). The maximum absolute atomic E-state index is 5.60. The van der Waals surface area contributed by atoms with Crippen molar-refractivity contribution in [2.75, 3.05) is 6.54 Å². The molecule has 3 nitrogen and oxygen atoms in total. The zero-order valence-corrected chi connectivity index (χ0v) is 8.59. The Labute approximate surface area is 75.4 Å². The summed E-state index contributed by atoms with van der Waals surface area (Å²) in [6.07, 6.45) is 1.10. The van der Waals surface area contributed by atoms with Crippen LogP contribution in [0.3, 0.4) is 0 Å². The molecule has 0 radical (unpaired) electrons. The largest absolute Gasteiger partial charge is 0.370 e. The fraction of sp³-hybridized carbons (Fsp3) is 0.889. The highest BCUT2D eigenvalue weighted by atomic mass is 15.1. The Hall–Kier alpha value is -0.730. The predicted octanol–water partition coefficient (Wildman–Crippen LogP) is 1.35. The fourth-order valence-electron chi connectivity index (χ4n) is 0.785. The summed E-state index contributed by atoms with van der Waals surface area (Å²) in [4.78, 5) is 4.19. The maximum Gasteiger partial charge on any atom is 0.188 e. The van der Waals surface area contributed by atoms with Crippen LogP contribution >= 0.6 is 0 Å². The number of hydrogen-bond acceptors (Lipinski definition) is 1. The molecule has 72 valence electrons. The number of aliphatic imine (C=N–C) groups is 1. The Morgan fingerprint density at radius 1 is 1.33 bits per heavy atom. The molecule has 0 aliphatic rings. The van der Waals surface area contributed by atoms with E-state index in [9.17, 15) is 0 Å². The van der Waals surface area contributed by atoms with Crippen LogP contribution in [0.2, 0.25) is 0 Å². The number of guanidine groups is 1. The Kier molecular flexibility index (Phi) is 5.51. The first-order chi connectivity index (χ1) is 5.52. The monoisotopic (exact) mass is 171 g/mol. The third kappa shape index (κ3) is 7.38. The average molecular weight is 171 g/mol. The van der Waals surface area contributed by atoms with E-state index in [-0.39, 0.29) is 0 Å². The molecule has 0 aliphatic carbocycles. The average Bonchev–Trinajstić information content (AvgIpc) is 1.84. The van der Waals surface area contributed by atoms with Crippen molar-refractivity contribution in [1.29, 1.82) is 0 Å². The zero-order chi connectivity index (χ0) is 9.56. The second-order valence-corrected chi connectivity index (χ2v) is 3.75. The summed E-state index contributed by atoms with van der Waals surface area (Å²) < 4.78 is 0. The van der Waals surface area contributed by atoms with Crippen LogP contribution in [0.5, 0.6) is 0 Å². The van der Waals surface area contributed by atoms with Crippen molar-refractivity contribution in [3.63, 3.8) is 0 Å². The van der Waals surface area contributed by atoms with Gasteiger partial charge < -0.3 is 11.1 Å². The quantitative estimate of drug-likeness (QED) is 0.495. The van der Waals surface area contributed by atoms with E-state index >= 15 is 0 Å². The van der Waals surface area contributed by atoms with Crippen LogP contribution in [0.25, 0.3) is 0 Å². The van der Waals surface area contributed by atoms with Crippen molar-refractivity contribution in [2.24, 2.45) is 16.6 Å². The van der Waals surface area contributed by atoms with Crippen molar-refractivity contribution in [1.82, 2.24) is 5.32 Å². The van der Waals surface area contributed by atoms with Gasteiger partial charge in [-0.1, -0.05) is 13.8 Å². The van der Waals surface area contributed by atoms with Gasteiger partial charge in [-0.05, 0) is 26.2 Å². The summed E-state index contributed by atoms with van der Waals surface area (Å²) in [6.45, 7) is 9.28. The third-order valence-electron chi connectivity index (χ3n) is 1.43. The number of nitrogens with one attached hydrogen (secondary N) is 1. The lowest BCUT2D eigenvalue weighted by Gasteiger charge is -2.08. The normalized spacial score (nSPS) is 12.7. The third-order valence-corrected chi connectivity index (χ3v) is 1.43. The molecule has 0 saturated carbocycles. The summed E-state index contributed by atoms with van der Waals surface area (Å²) in [5.74, 6) is 1.26. The van der Waals surface area contributed by atoms with Gasteiger partial charge in [0.2, 0.25) is 0 Å². The first-order valence-corrected chi connectivity index (χ1v) is 4.58. The Bertz CT molecular complexity index is 139. The minimum atomic E-state index is 0.368. The van der Waals surface area contributed by atoms with Crippen LogP contribution < -0.4 is 11.1 Å². The van der Waals surface area contributed by atoms with E-state index in [0.717, 1.165) is 13.0 Å². The van der Waals surface area contributed by atoms with Crippen molar-refractivity contribution >= 4 is 5.96 Å². The lowest BCUT2D eigenvalue weighted by molar-refractivity contribution is 0.594. The van der Waals surface area contributed by atoms with Gasteiger partial charge in [-0.3, -0.25) is 4.99 Å². The van der Waals surface area contributed by atoms with Gasteiger partial charge in [-0.25, -0.2) is 0 Å². The smallest absolute Gasteiger partial charge is 0.188 e. The van der Waals surface area contributed by atoms with Crippen molar-refractivity contribution in [2.45, 2.75) is 40.2 Å². The van der Waals surface area contributed by atoms with E-state index in [2.05, 4.69) is 24.2 Å². The molecule has 0 spiro atoms. The molecule has 0 aromatic carbocycles. The molecule has 3 N–H and O–H groups in total. The van der Waals surface area contributed by atoms with Gasteiger partial charge in [-0.2, -0.15) is 0 Å². The molecule has 0 bridgehead atoms. The topological polar surface area (TPSA) is 50.4 Å². The fourth-order valence-corrected chi connectivity index (χ4v) is 0.785. The molecule has 0 saturated heterocycles. The molecule has 0 fully saturated rings. The second kappa shape index (κ2) is 5.86. The summed E-state index contributed by atoms with van der Waals surface area (Å²) in [5, 5.41) is 3.04. The van der Waals surface area contributed by atoms with Gasteiger partial charge in [0.1, 0.15) is 0 Å². The summed E-state index contributed by atoms with van der Waals surface area (Å²) in [5.41, 5.74) is 5.60. The maximum atomic E-state index is 5.60. The van der Waals surface area contributed by atoms with Crippen molar-refractivity contribution < 1.29 is 0 Å². The number of rotatable bonds is 4. The summed E-state index contributed by atoms with van der Waals surface area (Å²) in [6, 6.07) is 0.368. The molecule has 0 aliphatic heterocycles.